The van der Waals surface area contributed by atoms with Crippen LogP contribution in [0.15, 0.2) is 35.7 Å². The average molecular weight is 510 g/mol. The summed E-state index contributed by atoms with van der Waals surface area (Å²) in [4.78, 5) is 28.2. The lowest BCUT2D eigenvalue weighted by Crippen LogP contribution is -2.39. The smallest absolute Gasteiger partial charge is 0.270 e. The van der Waals surface area contributed by atoms with Gasteiger partial charge in [-0.05, 0) is 61.9 Å². The predicted octanol–water partition coefficient (Wildman–Crippen LogP) is 5.22. The van der Waals surface area contributed by atoms with Crippen molar-refractivity contribution in [2.75, 3.05) is 26.7 Å². The number of hydrogen-bond acceptors (Lipinski definition) is 5. The van der Waals surface area contributed by atoms with Crippen LogP contribution >= 0.6 is 11.3 Å². The summed E-state index contributed by atoms with van der Waals surface area (Å²) in [6.07, 6.45) is 1.64. The minimum Gasteiger partial charge on any atom is -0.493 e. The molecule has 7 nitrogen and oxygen atoms in total. The van der Waals surface area contributed by atoms with Crippen molar-refractivity contribution in [2.45, 2.75) is 53.2 Å². The lowest BCUT2D eigenvalue weighted by atomic mass is 9.95. The van der Waals surface area contributed by atoms with Crippen molar-refractivity contribution in [3.05, 3.63) is 47.0 Å². The Hall–Kier alpha value is -3.26. The SMILES string of the molecule is CCCN(CCNC(C)=O)C(=O)c1cc(-c2cccs2)c2n1CCc1cc(OC)c(OC(C)C)cc1-2. The van der Waals surface area contributed by atoms with E-state index < -0.39 is 0 Å². The van der Waals surface area contributed by atoms with Crippen molar-refractivity contribution < 1.29 is 19.1 Å². The Labute approximate surface area is 217 Å². The third kappa shape index (κ3) is 5.28. The number of aromatic nitrogens is 1. The fourth-order valence-electron chi connectivity index (χ4n) is 4.75. The van der Waals surface area contributed by atoms with Gasteiger partial charge in [-0.2, -0.15) is 0 Å². The molecule has 0 bridgehead atoms. The molecule has 3 aromatic rings. The molecule has 0 unspecified atom stereocenters. The van der Waals surface area contributed by atoms with E-state index in [0.29, 0.717) is 37.6 Å². The minimum atomic E-state index is -0.0922. The van der Waals surface area contributed by atoms with E-state index in [2.05, 4.69) is 40.4 Å². The summed E-state index contributed by atoms with van der Waals surface area (Å²) in [6, 6.07) is 10.3. The average Bonchev–Trinajstić information content (AvgIpc) is 3.50. The monoisotopic (exact) mass is 509 g/mol. The van der Waals surface area contributed by atoms with Crippen molar-refractivity contribution in [1.29, 1.82) is 0 Å². The molecule has 1 aliphatic rings. The van der Waals surface area contributed by atoms with Crippen molar-refractivity contribution in [1.82, 2.24) is 14.8 Å². The number of methoxy groups -OCH3 is 1. The molecule has 0 saturated heterocycles. The number of fused-ring (bicyclic) bond motifs is 3. The molecule has 1 aliphatic heterocycles. The molecule has 0 atom stereocenters. The molecular weight excluding hydrogens is 474 g/mol. The van der Waals surface area contributed by atoms with Crippen LogP contribution < -0.4 is 14.8 Å². The number of rotatable bonds is 10. The van der Waals surface area contributed by atoms with E-state index in [4.69, 9.17) is 9.47 Å². The van der Waals surface area contributed by atoms with Crippen LogP contribution in [0.2, 0.25) is 0 Å². The van der Waals surface area contributed by atoms with E-state index in [9.17, 15) is 9.59 Å². The molecule has 0 fully saturated rings. The molecule has 0 aliphatic carbocycles. The van der Waals surface area contributed by atoms with E-state index in [1.807, 2.05) is 30.9 Å². The Morgan fingerprint density at radius 3 is 2.61 bits per heavy atom. The Morgan fingerprint density at radius 2 is 1.97 bits per heavy atom. The van der Waals surface area contributed by atoms with Crippen LogP contribution in [0.25, 0.3) is 21.7 Å². The summed E-state index contributed by atoms with van der Waals surface area (Å²) in [5.41, 5.74) is 5.02. The zero-order valence-electron chi connectivity index (χ0n) is 21.7. The van der Waals surface area contributed by atoms with E-state index in [0.717, 1.165) is 40.3 Å². The minimum absolute atomic E-state index is 0.00689. The Bertz CT molecular complexity index is 1230. The number of carbonyl (C=O) groups is 2. The molecule has 0 saturated carbocycles. The van der Waals surface area contributed by atoms with Crippen LogP contribution in [0, 0.1) is 0 Å². The number of nitrogens with one attached hydrogen (secondary N) is 1. The number of hydrogen-bond donors (Lipinski definition) is 1. The second-order valence-corrected chi connectivity index (χ2v) is 10.2. The highest BCUT2D eigenvalue weighted by molar-refractivity contribution is 7.13. The van der Waals surface area contributed by atoms with Gasteiger partial charge in [0.05, 0.1) is 18.9 Å². The Balaban J connectivity index is 1.82. The molecule has 8 heteroatoms. The van der Waals surface area contributed by atoms with E-state index in [1.165, 1.54) is 12.5 Å². The number of aryl methyl sites for hydroxylation is 1. The van der Waals surface area contributed by atoms with E-state index in [1.54, 1.807) is 18.4 Å². The third-order valence-corrected chi connectivity index (χ3v) is 7.15. The summed E-state index contributed by atoms with van der Waals surface area (Å²) < 4.78 is 13.9. The van der Waals surface area contributed by atoms with Gasteiger partial charge >= 0.3 is 0 Å². The lowest BCUT2D eigenvalue weighted by Gasteiger charge is -2.27. The highest BCUT2D eigenvalue weighted by Gasteiger charge is 2.30. The number of carbonyl (C=O) groups excluding carboxylic acids is 2. The maximum Gasteiger partial charge on any atom is 0.270 e. The van der Waals surface area contributed by atoms with Crippen molar-refractivity contribution in [2.24, 2.45) is 0 Å². The van der Waals surface area contributed by atoms with Crippen LogP contribution in [0.4, 0.5) is 0 Å². The largest absolute Gasteiger partial charge is 0.493 e. The summed E-state index contributed by atoms with van der Waals surface area (Å²) in [7, 11) is 1.66. The maximum absolute atomic E-state index is 13.8. The van der Waals surface area contributed by atoms with Gasteiger partial charge in [0.1, 0.15) is 5.69 Å². The van der Waals surface area contributed by atoms with Gasteiger partial charge < -0.3 is 24.3 Å². The first kappa shape index (κ1) is 25.8. The third-order valence-electron chi connectivity index (χ3n) is 6.25. The summed E-state index contributed by atoms with van der Waals surface area (Å²) in [5.74, 6) is 1.32. The maximum atomic E-state index is 13.8. The lowest BCUT2D eigenvalue weighted by molar-refractivity contribution is -0.119. The molecule has 1 N–H and O–H groups in total. The van der Waals surface area contributed by atoms with Crippen LogP contribution in [-0.2, 0) is 17.8 Å². The first-order valence-corrected chi connectivity index (χ1v) is 13.4. The van der Waals surface area contributed by atoms with Gasteiger partial charge in [-0.3, -0.25) is 9.59 Å². The molecule has 1 aromatic carbocycles. The fourth-order valence-corrected chi connectivity index (χ4v) is 5.49. The number of ether oxygens (including phenoxy) is 2. The summed E-state index contributed by atoms with van der Waals surface area (Å²) in [5, 5.41) is 4.87. The van der Waals surface area contributed by atoms with E-state index in [-0.39, 0.29) is 17.9 Å². The van der Waals surface area contributed by atoms with Gasteiger partial charge in [0, 0.05) is 49.1 Å². The molecule has 36 heavy (non-hydrogen) atoms. The number of thiophene rings is 1. The van der Waals surface area contributed by atoms with E-state index >= 15 is 0 Å². The number of nitrogens with zero attached hydrogens (tertiary/aromatic N) is 2. The van der Waals surface area contributed by atoms with Crippen LogP contribution in [0.5, 0.6) is 11.5 Å². The molecule has 2 amide bonds. The van der Waals surface area contributed by atoms with Gasteiger partial charge in [-0.1, -0.05) is 13.0 Å². The standard InChI is InChI=1S/C28H35N3O4S/c1-6-11-30(13-10-29-19(4)32)28(33)23-16-22(26-8-7-14-36-26)27-21-17-25(35-18(2)3)24(34-5)15-20(21)9-12-31(23)27/h7-8,14-18H,6,9-13H2,1-5H3,(H,29,32). The molecule has 3 heterocycles. The summed E-state index contributed by atoms with van der Waals surface area (Å²) >= 11 is 1.67. The molecule has 0 spiro atoms. The number of benzene rings is 1. The van der Waals surface area contributed by atoms with Gasteiger partial charge in [0.2, 0.25) is 5.91 Å². The van der Waals surface area contributed by atoms with Crippen molar-refractivity contribution in [3.63, 3.8) is 0 Å². The second-order valence-electron chi connectivity index (χ2n) is 9.27. The van der Waals surface area contributed by atoms with Gasteiger partial charge in [0.25, 0.3) is 5.91 Å². The summed E-state index contributed by atoms with van der Waals surface area (Å²) in [6.45, 7) is 9.79. The number of amides is 2. The van der Waals surface area contributed by atoms with Crippen molar-refractivity contribution >= 4 is 23.2 Å². The zero-order chi connectivity index (χ0) is 25.8. The molecule has 2 aromatic heterocycles. The van der Waals surface area contributed by atoms with Crippen molar-refractivity contribution in [3.8, 4) is 33.2 Å². The molecule has 4 rings (SSSR count). The topological polar surface area (TPSA) is 72.8 Å². The zero-order valence-corrected chi connectivity index (χ0v) is 22.5. The van der Waals surface area contributed by atoms with Gasteiger partial charge in [-0.25, -0.2) is 0 Å². The normalized spacial score (nSPS) is 12.2. The fraction of sp³-hybridized carbons (Fsp3) is 0.429. The quantitative estimate of drug-likeness (QED) is 0.407. The Kier molecular flexibility index (Phi) is 8.04. The molecule has 192 valence electrons. The molecular formula is C28H35N3O4S. The highest BCUT2D eigenvalue weighted by Crippen LogP contribution is 2.45. The second kappa shape index (κ2) is 11.2. The molecule has 0 radical (unpaired) electrons. The predicted molar refractivity (Wildman–Crippen MR) is 144 cm³/mol. The van der Waals surface area contributed by atoms with Crippen LogP contribution in [0.1, 0.15) is 50.2 Å². The van der Waals surface area contributed by atoms with Gasteiger partial charge in [0.15, 0.2) is 11.5 Å². The Morgan fingerprint density at radius 1 is 1.17 bits per heavy atom. The first-order valence-electron chi connectivity index (χ1n) is 12.5. The van der Waals surface area contributed by atoms with Crippen LogP contribution in [0.3, 0.4) is 0 Å². The van der Waals surface area contributed by atoms with Crippen LogP contribution in [-0.4, -0.2) is 54.1 Å². The first-order chi connectivity index (χ1) is 17.3. The van der Waals surface area contributed by atoms with Gasteiger partial charge in [-0.15, -0.1) is 11.3 Å². The highest BCUT2D eigenvalue weighted by atomic mass is 32.1.